The molecule has 2 N–H and O–H groups in total. The van der Waals surface area contributed by atoms with Crippen LogP contribution in [0.25, 0.3) is 0 Å². The largest absolute Gasteiger partial charge is 0.389 e. The quantitative estimate of drug-likeness (QED) is 0.834. The first-order valence-electron chi connectivity index (χ1n) is 6.01. The molecular formula is C12H19N3O2. The minimum absolute atomic E-state index is 0.141. The van der Waals surface area contributed by atoms with Crippen molar-refractivity contribution in [2.24, 2.45) is 7.05 Å². The van der Waals surface area contributed by atoms with E-state index in [4.69, 9.17) is 0 Å². The van der Waals surface area contributed by atoms with Crippen LogP contribution < -0.4 is 5.32 Å². The molecule has 1 aromatic heterocycles. The summed E-state index contributed by atoms with van der Waals surface area (Å²) < 4.78 is 1.63. The number of aliphatic hydroxyl groups is 1. The van der Waals surface area contributed by atoms with Crippen molar-refractivity contribution >= 4 is 11.7 Å². The highest BCUT2D eigenvalue weighted by molar-refractivity contribution is 5.90. The van der Waals surface area contributed by atoms with Crippen LogP contribution in [0, 0.1) is 6.92 Å². The Morgan fingerprint density at radius 3 is 2.76 bits per heavy atom. The molecule has 1 fully saturated rings. The lowest BCUT2D eigenvalue weighted by Gasteiger charge is -2.20. The summed E-state index contributed by atoms with van der Waals surface area (Å²) in [4.78, 5) is 11.8. The van der Waals surface area contributed by atoms with Crippen LogP contribution in [0.4, 0.5) is 5.82 Å². The normalized spacial score (nSPS) is 18.3. The highest BCUT2D eigenvalue weighted by Gasteiger charge is 2.33. The van der Waals surface area contributed by atoms with Crippen molar-refractivity contribution in [3.05, 3.63) is 11.8 Å². The Bertz CT molecular complexity index is 419. The molecule has 0 spiro atoms. The molecule has 94 valence electrons. The van der Waals surface area contributed by atoms with Gasteiger partial charge in [0.25, 0.3) is 0 Å². The SMILES string of the molecule is Cc1cc(NC(=O)CC2(O)CCCC2)n(C)n1. The molecule has 0 saturated heterocycles. The number of carbonyl (C=O) groups is 1. The first-order chi connectivity index (χ1) is 7.98. The Morgan fingerprint density at radius 1 is 1.59 bits per heavy atom. The second kappa shape index (κ2) is 4.49. The predicted octanol–water partition coefficient (Wildman–Crippen LogP) is 1.36. The lowest BCUT2D eigenvalue weighted by Crippen LogP contribution is -2.31. The zero-order valence-electron chi connectivity index (χ0n) is 10.4. The minimum Gasteiger partial charge on any atom is -0.389 e. The molecule has 0 unspecified atom stereocenters. The van der Waals surface area contributed by atoms with Gasteiger partial charge >= 0.3 is 0 Å². The maximum Gasteiger partial charge on any atom is 0.228 e. The van der Waals surface area contributed by atoms with Gasteiger partial charge in [-0.2, -0.15) is 5.10 Å². The van der Waals surface area contributed by atoms with Gasteiger partial charge in [-0.05, 0) is 19.8 Å². The van der Waals surface area contributed by atoms with E-state index in [1.54, 1.807) is 11.7 Å². The highest BCUT2D eigenvalue weighted by atomic mass is 16.3. The topological polar surface area (TPSA) is 67.2 Å². The summed E-state index contributed by atoms with van der Waals surface area (Å²) >= 11 is 0. The third-order valence-corrected chi connectivity index (χ3v) is 3.29. The molecule has 0 bridgehead atoms. The van der Waals surface area contributed by atoms with Gasteiger partial charge in [-0.15, -0.1) is 0 Å². The Labute approximate surface area is 101 Å². The van der Waals surface area contributed by atoms with Crippen LogP contribution in [0.5, 0.6) is 0 Å². The number of aromatic nitrogens is 2. The second-order valence-corrected chi connectivity index (χ2v) is 4.95. The van der Waals surface area contributed by atoms with E-state index in [0.29, 0.717) is 5.82 Å². The zero-order chi connectivity index (χ0) is 12.5. The highest BCUT2D eigenvalue weighted by Crippen LogP contribution is 2.32. The summed E-state index contributed by atoms with van der Waals surface area (Å²) in [5, 5.41) is 17.1. The average molecular weight is 237 g/mol. The summed E-state index contributed by atoms with van der Waals surface area (Å²) in [6.07, 6.45) is 3.65. The Morgan fingerprint density at radius 2 is 2.24 bits per heavy atom. The summed E-state index contributed by atoms with van der Waals surface area (Å²) in [5.41, 5.74) is 0.0694. The number of aryl methyl sites for hydroxylation is 2. The fraction of sp³-hybridized carbons (Fsp3) is 0.667. The van der Waals surface area contributed by atoms with Crippen LogP contribution in [0.1, 0.15) is 37.8 Å². The molecule has 1 aromatic rings. The number of nitrogens with one attached hydrogen (secondary N) is 1. The van der Waals surface area contributed by atoms with Crippen molar-refractivity contribution in [3.63, 3.8) is 0 Å². The molecule has 0 aliphatic heterocycles. The van der Waals surface area contributed by atoms with Gasteiger partial charge < -0.3 is 10.4 Å². The lowest BCUT2D eigenvalue weighted by atomic mass is 9.98. The molecule has 5 heteroatoms. The van der Waals surface area contributed by atoms with Crippen LogP contribution in [0.3, 0.4) is 0 Å². The van der Waals surface area contributed by atoms with E-state index < -0.39 is 5.60 Å². The smallest absolute Gasteiger partial charge is 0.228 e. The fourth-order valence-electron chi connectivity index (χ4n) is 2.42. The molecule has 1 amide bonds. The number of hydrogen-bond donors (Lipinski definition) is 2. The van der Waals surface area contributed by atoms with Crippen LogP contribution >= 0.6 is 0 Å². The average Bonchev–Trinajstić information content (AvgIpc) is 2.74. The summed E-state index contributed by atoms with van der Waals surface area (Å²) in [7, 11) is 1.78. The van der Waals surface area contributed by atoms with E-state index in [1.165, 1.54) is 0 Å². The molecule has 2 rings (SSSR count). The van der Waals surface area contributed by atoms with Gasteiger partial charge in [-0.3, -0.25) is 9.48 Å². The summed E-state index contributed by atoms with van der Waals surface area (Å²) in [5.74, 6) is 0.534. The van der Waals surface area contributed by atoms with Crippen LogP contribution in [-0.4, -0.2) is 26.4 Å². The van der Waals surface area contributed by atoms with Crippen LogP contribution in [0.2, 0.25) is 0 Å². The third kappa shape index (κ3) is 2.85. The van der Waals surface area contributed by atoms with E-state index >= 15 is 0 Å². The first-order valence-corrected chi connectivity index (χ1v) is 6.01. The van der Waals surface area contributed by atoms with Crippen molar-refractivity contribution in [1.29, 1.82) is 0 Å². The predicted molar refractivity (Wildman–Crippen MR) is 64.6 cm³/mol. The summed E-state index contributed by atoms with van der Waals surface area (Å²) in [6, 6.07) is 1.82. The Balaban J connectivity index is 1.95. The van der Waals surface area contributed by atoms with Gasteiger partial charge in [-0.1, -0.05) is 12.8 Å². The van der Waals surface area contributed by atoms with E-state index in [1.807, 2.05) is 13.0 Å². The molecule has 1 heterocycles. The standard InChI is InChI=1S/C12H19N3O2/c1-9-7-10(15(2)14-9)13-11(16)8-12(17)5-3-4-6-12/h7,17H,3-6,8H2,1-2H3,(H,13,16). The monoisotopic (exact) mass is 237 g/mol. The van der Waals surface area contributed by atoms with Gasteiger partial charge in [0.2, 0.25) is 5.91 Å². The summed E-state index contributed by atoms with van der Waals surface area (Å²) in [6.45, 7) is 1.88. The van der Waals surface area contributed by atoms with E-state index in [2.05, 4.69) is 10.4 Å². The number of anilines is 1. The van der Waals surface area contributed by atoms with Crippen molar-refractivity contribution in [1.82, 2.24) is 9.78 Å². The van der Waals surface area contributed by atoms with Gasteiger partial charge in [0.05, 0.1) is 17.7 Å². The third-order valence-electron chi connectivity index (χ3n) is 3.29. The van der Waals surface area contributed by atoms with Crippen LogP contribution in [-0.2, 0) is 11.8 Å². The molecule has 1 aliphatic carbocycles. The van der Waals surface area contributed by atoms with Crippen molar-refractivity contribution in [3.8, 4) is 0 Å². The van der Waals surface area contributed by atoms with Gasteiger partial charge in [-0.25, -0.2) is 0 Å². The first kappa shape index (κ1) is 12.1. The maximum absolute atomic E-state index is 11.8. The number of nitrogens with zero attached hydrogens (tertiary/aromatic N) is 2. The fourth-order valence-corrected chi connectivity index (χ4v) is 2.42. The van der Waals surface area contributed by atoms with Gasteiger partial charge in [0.1, 0.15) is 5.82 Å². The van der Waals surface area contributed by atoms with E-state index in [-0.39, 0.29) is 12.3 Å². The Hall–Kier alpha value is -1.36. The van der Waals surface area contributed by atoms with Crippen molar-refractivity contribution in [2.75, 3.05) is 5.32 Å². The second-order valence-electron chi connectivity index (χ2n) is 4.95. The molecule has 17 heavy (non-hydrogen) atoms. The lowest BCUT2D eigenvalue weighted by molar-refractivity contribution is -0.120. The number of hydrogen-bond acceptors (Lipinski definition) is 3. The Kier molecular flexibility index (Phi) is 3.19. The number of rotatable bonds is 3. The van der Waals surface area contributed by atoms with E-state index in [0.717, 1.165) is 31.4 Å². The van der Waals surface area contributed by atoms with Gasteiger partial charge in [0, 0.05) is 13.1 Å². The maximum atomic E-state index is 11.8. The molecule has 1 aliphatic rings. The molecular weight excluding hydrogens is 218 g/mol. The number of carbonyl (C=O) groups excluding carboxylic acids is 1. The molecule has 1 saturated carbocycles. The van der Waals surface area contributed by atoms with Crippen molar-refractivity contribution < 1.29 is 9.90 Å². The molecule has 5 nitrogen and oxygen atoms in total. The molecule has 0 aromatic carbocycles. The van der Waals surface area contributed by atoms with E-state index in [9.17, 15) is 9.90 Å². The number of amides is 1. The molecule has 0 atom stereocenters. The minimum atomic E-state index is -0.794. The van der Waals surface area contributed by atoms with Gasteiger partial charge in [0.15, 0.2) is 0 Å². The van der Waals surface area contributed by atoms with Crippen molar-refractivity contribution in [2.45, 2.75) is 44.6 Å². The van der Waals surface area contributed by atoms with Crippen LogP contribution in [0.15, 0.2) is 6.07 Å². The molecule has 0 radical (unpaired) electrons. The zero-order valence-corrected chi connectivity index (χ0v) is 10.4.